The molecule has 4 rings (SSSR count). The zero-order chi connectivity index (χ0) is 23.6. The van der Waals surface area contributed by atoms with Gasteiger partial charge in [-0.25, -0.2) is 0 Å². The third-order valence-electron chi connectivity index (χ3n) is 6.90. The van der Waals surface area contributed by atoms with Crippen LogP contribution in [0.4, 0.5) is 0 Å². The van der Waals surface area contributed by atoms with Gasteiger partial charge in [0.25, 0.3) is 0 Å². The number of hydrogen-bond donors (Lipinski definition) is 0. The standard InChI is InChI=1S/C28H36N2O4/c31-27(23-9-3-1-4-10-23)25(29-15-19-33-20-16-29)13-7-8-14-26(30-17-21-34-22-18-30)28(32)24-11-5-2-6-12-24/h1-6,9-12,25-26H,7-8,13-22H2. The topological polar surface area (TPSA) is 59.1 Å². The van der Waals surface area contributed by atoms with Crippen LogP contribution in [0.15, 0.2) is 60.7 Å². The van der Waals surface area contributed by atoms with Crippen LogP contribution in [-0.4, -0.2) is 86.1 Å². The molecule has 2 unspecified atom stereocenters. The number of morpholine rings is 2. The molecule has 0 amide bonds. The van der Waals surface area contributed by atoms with Crippen LogP contribution in [0.2, 0.25) is 0 Å². The van der Waals surface area contributed by atoms with Gasteiger partial charge in [-0.15, -0.1) is 0 Å². The van der Waals surface area contributed by atoms with Gasteiger partial charge in [0.1, 0.15) is 0 Å². The minimum absolute atomic E-state index is 0.141. The first-order valence-corrected chi connectivity index (χ1v) is 12.6. The Morgan fingerprint density at radius 2 is 0.971 bits per heavy atom. The van der Waals surface area contributed by atoms with Crippen LogP contribution in [-0.2, 0) is 9.47 Å². The summed E-state index contributed by atoms with van der Waals surface area (Å²) in [6.07, 6.45) is 3.40. The number of hydrogen-bond acceptors (Lipinski definition) is 6. The molecule has 2 aromatic rings. The molecule has 6 nitrogen and oxygen atoms in total. The van der Waals surface area contributed by atoms with E-state index in [0.717, 1.165) is 63.0 Å². The molecular weight excluding hydrogens is 428 g/mol. The van der Waals surface area contributed by atoms with E-state index in [4.69, 9.17) is 9.47 Å². The predicted octanol–water partition coefficient (Wildman–Crippen LogP) is 3.71. The van der Waals surface area contributed by atoms with Crippen LogP contribution in [0.25, 0.3) is 0 Å². The number of carbonyl (C=O) groups is 2. The highest BCUT2D eigenvalue weighted by molar-refractivity contribution is 6.00. The van der Waals surface area contributed by atoms with Gasteiger partial charge in [0.15, 0.2) is 11.6 Å². The molecule has 2 aliphatic heterocycles. The molecule has 0 bridgehead atoms. The van der Waals surface area contributed by atoms with Gasteiger partial charge in [-0.05, 0) is 12.8 Å². The molecule has 2 heterocycles. The molecule has 182 valence electrons. The molecule has 0 saturated carbocycles. The van der Waals surface area contributed by atoms with Crippen molar-refractivity contribution in [3.8, 4) is 0 Å². The van der Waals surface area contributed by atoms with Crippen LogP contribution in [0, 0.1) is 0 Å². The summed E-state index contributed by atoms with van der Waals surface area (Å²) in [6.45, 7) is 5.82. The first-order chi connectivity index (χ1) is 16.7. The van der Waals surface area contributed by atoms with E-state index >= 15 is 0 Å². The van der Waals surface area contributed by atoms with Crippen molar-refractivity contribution >= 4 is 11.6 Å². The van der Waals surface area contributed by atoms with E-state index in [9.17, 15) is 9.59 Å². The van der Waals surface area contributed by atoms with Crippen molar-refractivity contribution in [2.75, 3.05) is 52.6 Å². The van der Waals surface area contributed by atoms with E-state index in [1.54, 1.807) is 0 Å². The van der Waals surface area contributed by atoms with Crippen LogP contribution in [0.3, 0.4) is 0 Å². The van der Waals surface area contributed by atoms with Gasteiger partial charge in [0, 0.05) is 37.3 Å². The summed E-state index contributed by atoms with van der Waals surface area (Å²) in [7, 11) is 0. The molecule has 0 radical (unpaired) electrons. The Hall–Kier alpha value is -2.38. The zero-order valence-electron chi connectivity index (χ0n) is 19.9. The normalized spacial score (nSPS) is 19.4. The first-order valence-electron chi connectivity index (χ1n) is 12.6. The fourth-order valence-corrected chi connectivity index (χ4v) is 5.00. The molecule has 2 saturated heterocycles. The first kappa shape index (κ1) is 24.7. The van der Waals surface area contributed by atoms with Crippen LogP contribution in [0.5, 0.6) is 0 Å². The van der Waals surface area contributed by atoms with Crippen molar-refractivity contribution in [1.82, 2.24) is 9.80 Å². The Balaban J connectivity index is 1.39. The van der Waals surface area contributed by atoms with Crippen molar-refractivity contribution in [1.29, 1.82) is 0 Å². The SMILES string of the molecule is O=C(c1ccccc1)C(CCCCC(C(=O)c1ccccc1)N1CCOCC1)N1CCOCC1. The van der Waals surface area contributed by atoms with Gasteiger partial charge in [-0.2, -0.15) is 0 Å². The van der Waals surface area contributed by atoms with Crippen LogP contribution >= 0.6 is 0 Å². The highest BCUT2D eigenvalue weighted by Crippen LogP contribution is 2.21. The molecule has 6 heteroatoms. The minimum Gasteiger partial charge on any atom is -0.379 e. The lowest BCUT2D eigenvalue weighted by Gasteiger charge is -2.35. The van der Waals surface area contributed by atoms with E-state index in [1.807, 2.05) is 60.7 Å². The Morgan fingerprint density at radius 1 is 0.618 bits per heavy atom. The largest absolute Gasteiger partial charge is 0.379 e. The van der Waals surface area contributed by atoms with Crippen molar-refractivity contribution in [2.24, 2.45) is 0 Å². The van der Waals surface area contributed by atoms with Crippen molar-refractivity contribution in [2.45, 2.75) is 37.8 Å². The van der Waals surface area contributed by atoms with Crippen LogP contribution < -0.4 is 0 Å². The molecule has 0 N–H and O–H groups in total. The maximum absolute atomic E-state index is 13.4. The highest BCUT2D eigenvalue weighted by atomic mass is 16.5. The second-order valence-corrected chi connectivity index (χ2v) is 9.07. The van der Waals surface area contributed by atoms with E-state index in [1.165, 1.54) is 0 Å². The second kappa shape index (κ2) is 12.9. The minimum atomic E-state index is -0.141. The van der Waals surface area contributed by atoms with Crippen molar-refractivity contribution < 1.29 is 19.1 Å². The second-order valence-electron chi connectivity index (χ2n) is 9.07. The van der Waals surface area contributed by atoms with Gasteiger partial charge in [-0.3, -0.25) is 19.4 Å². The van der Waals surface area contributed by atoms with Gasteiger partial charge >= 0.3 is 0 Å². The summed E-state index contributed by atoms with van der Waals surface area (Å²) in [5, 5.41) is 0. The molecule has 0 aliphatic carbocycles. The average Bonchev–Trinajstić information content (AvgIpc) is 2.92. The van der Waals surface area contributed by atoms with Crippen molar-refractivity contribution in [3.05, 3.63) is 71.8 Å². The molecule has 2 fully saturated rings. The number of nitrogens with zero attached hydrogens (tertiary/aromatic N) is 2. The number of ether oxygens (including phenoxy) is 2. The summed E-state index contributed by atoms with van der Waals surface area (Å²) in [4.78, 5) is 31.3. The Labute approximate surface area is 202 Å². The lowest BCUT2D eigenvalue weighted by Crippen LogP contribution is -2.48. The summed E-state index contributed by atoms with van der Waals surface area (Å²) in [5.74, 6) is 0.375. The van der Waals surface area contributed by atoms with Crippen LogP contribution in [0.1, 0.15) is 46.4 Å². The fourth-order valence-electron chi connectivity index (χ4n) is 5.00. The molecule has 34 heavy (non-hydrogen) atoms. The number of unbranched alkanes of at least 4 members (excludes halogenated alkanes) is 1. The monoisotopic (exact) mass is 464 g/mol. The van der Waals surface area contributed by atoms with Gasteiger partial charge in [0.05, 0.1) is 38.5 Å². The predicted molar refractivity (Wildman–Crippen MR) is 132 cm³/mol. The zero-order valence-corrected chi connectivity index (χ0v) is 19.9. The molecule has 2 atom stereocenters. The molecule has 0 aromatic heterocycles. The van der Waals surface area contributed by atoms with E-state index < -0.39 is 0 Å². The van der Waals surface area contributed by atoms with E-state index in [0.29, 0.717) is 26.4 Å². The molecule has 2 aromatic carbocycles. The Kier molecular flexibility index (Phi) is 9.39. The molecule has 0 spiro atoms. The number of Topliss-reactive ketones (excluding diaryl/α,β-unsaturated/α-hetero) is 2. The highest BCUT2D eigenvalue weighted by Gasteiger charge is 2.30. The van der Waals surface area contributed by atoms with E-state index in [2.05, 4.69) is 9.80 Å². The van der Waals surface area contributed by atoms with Gasteiger partial charge in [0.2, 0.25) is 0 Å². The summed E-state index contributed by atoms with van der Waals surface area (Å²) in [5.41, 5.74) is 1.54. The smallest absolute Gasteiger partial charge is 0.179 e. The quantitative estimate of drug-likeness (QED) is 0.373. The average molecular weight is 465 g/mol. The maximum atomic E-state index is 13.4. The van der Waals surface area contributed by atoms with E-state index in [-0.39, 0.29) is 23.7 Å². The molecular formula is C28H36N2O4. The van der Waals surface area contributed by atoms with Crippen molar-refractivity contribution in [3.63, 3.8) is 0 Å². The molecule has 2 aliphatic rings. The van der Waals surface area contributed by atoms with Gasteiger partial charge < -0.3 is 9.47 Å². The number of benzene rings is 2. The number of ketones is 2. The fraction of sp³-hybridized carbons (Fsp3) is 0.500. The number of carbonyl (C=O) groups excluding carboxylic acids is 2. The lowest BCUT2D eigenvalue weighted by atomic mass is 9.94. The summed E-state index contributed by atoms with van der Waals surface area (Å²) < 4.78 is 11.0. The Bertz CT molecular complexity index is 818. The maximum Gasteiger partial charge on any atom is 0.179 e. The number of rotatable bonds is 11. The lowest BCUT2D eigenvalue weighted by molar-refractivity contribution is 0.0128. The third kappa shape index (κ3) is 6.60. The Morgan fingerprint density at radius 3 is 1.32 bits per heavy atom. The summed E-state index contributed by atoms with van der Waals surface area (Å²) in [6, 6.07) is 18.9. The van der Waals surface area contributed by atoms with Gasteiger partial charge in [-0.1, -0.05) is 73.5 Å². The summed E-state index contributed by atoms with van der Waals surface area (Å²) >= 11 is 0. The third-order valence-corrected chi connectivity index (χ3v) is 6.90.